The number of nitrogens with zero attached hydrogens (tertiary/aromatic N) is 2. The SMILES string of the molecule is Cc1ccc(C2=CC3CC3C=N2)nc1. The number of hydrogen-bond acceptors (Lipinski definition) is 2. The van der Waals surface area contributed by atoms with E-state index in [-0.39, 0.29) is 0 Å². The fraction of sp³-hybridized carbons (Fsp3) is 0.333. The van der Waals surface area contributed by atoms with Crippen molar-refractivity contribution in [1.29, 1.82) is 0 Å². The van der Waals surface area contributed by atoms with Crippen molar-refractivity contribution < 1.29 is 0 Å². The van der Waals surface area contributed by atoms with E-state index in [0.717, 1.165) is 23.2 Å². The molecule has 0 spiro atoms. The Bertz CT molecular complexity index is 414. The molecule has 1 saturated carbocycles. The van der Waals surface area contributed by atoms with E-state index in [9.17, 15) is 0 Å². The van der Waals surface area contributed by atoms with Crippen molar-refractivity contribution in [1.82, 2.24) is 4.98 Å². The van der Waals surface area contributed by atoms with Gasteiger partial charge in [-0.05, 0) is 30.9 Å². The van der Waals surface area contributed by atoms with Crippen LogP contribution in [0.15, 0.2) is 29.4 Å². The maximum atomic E-state index is 4.43. The average molecular weight is 184 g/mol. The first-order valence-corrected chi connectivity index (χ1v) is 5.02. The van der Waals surface area contributed by atoms with Gasteiger partial charge in [-0.1, -0.05) is 12.1 Å². The fourth-order valence-electron chi connectivity index (χ4n) is 1.79. The van der Waals surface area contributed by atoms with Crippen LogP contribution in [-0.2, 0) is 0 Å². The van der Waals surface area contributed by atoms with Crippen LogP contribution in [0.2, 0.25) is 0 Å². The van der Waals surface area contributed by atoms with Crippen molar-refractivity contribution in [2.75, 3.05) is 0 Å². The van der Waals surface area contributed by atoms with Gasteiger partial charge in [-0.2, -0.15) is 0 Å². The van der Waals surface area contributed by atoms with E-state index >= 15 is 0 Å². The first-order valence-electron chi connectivity index (χ1n) is 5.02. The van der Waals surface area contributed by atoms with Gasteiger partial charge in [0.25, 0.3) is 0 Å². The van der Waals surface area contributed by atoms with Crippen molar-refractivity contribution >= 4 is 11.9 Å². The van der Waals surface area contributed by atoms with Crippen molar-refractivity contribution in [3.63, 3.8) is 0 Å². The molecule has 1 aromatic heterocycles. The minimum atomic E-state index is 0.726. The molecule has 1 aromatic rings. The van der Waals surface area contributed by atoms with Gasteiger partial charge in [0.15, 0.2) is 0 Å². The Kier molecular flexibility index (Phi) is 1.57. The monoisotopic (exact) mass is 184 g/mol. The maximum absolute atomic E-state index is 4.43. The molecule has 0 N–H and O–H groups in total. The van der Waals surface area contributed by atoms with Crippen LogP contribution < -0.4 is 0 Å². The van der Waals surface area contributed by atoms with Gasteiger partial charge in [0.1, 0.15) is 0 Å². The second-order valence-corrected chi connectivity index (χ2v) is 4.11. The fourth-order valence-corrected chi connectivity index (χ4v) is 1.79. The van der Waals surface area contributed by atoms with Crippen LogP contribution in [0, 0.1) is 18.8 Å². The lowest BCUT2D eigenvalue weighted by molar-refractivity contribution is 1.03. The molecule has 0 radical (unpaired) electrons. The highest BCUT2D eigenvalue weighted by molar-refractivity contribution is 5.79. The first-order chi connectivity index (χ1) is 6.83. The molecule has 2 unspecified atom stereocenters. The predicted molar refractivity (Wildman–Crippen MR) is 57.0 cm³/mol. The van der Waals surface area contributed by atoms with E-state index in [0.29, 0.717) is 0 Å². The van der Waals surface area contributed by atoms with Gasteiger partial charge < -0.3 is 0 Å². The van der Waals surface area contributed by atoms with Crippen molar-refractivity contribution in [2.24, 2.45) is 16.8 Å². The van der Waals surface area contributed by atoms with E-state index in [1.807, 2.05) is 19.2 Å². The summed E-state index contributed by atoms with van der Waals surface area (Å²) in [5, 5.41) is 0. The topological polar surface area (TPSA) is 25.2 Å². The Hall–Kier alpha value is -1.44. The Balaban J connectivity index is 1.95. The highest BCUT2D eigenvalue weighted by Gasteiger charge is 2.36. The van der Waals surface area contributed by atoms with Crippen molar-refractivity contribution in [2.45, 2.75) is 13.3 Å². The van der Waals surface area contributed by atoms with E-state index in [1.54, 1.807) is 0 Å². The number of fused-ring (bicyclic) bond motifs is 1. The minimum Gasteiger partial charge on any atom is -0.259 e. The molecular weight excluding hydrogens is 172 g/mol. The van der Waals surface area contributed by atoms with Crippen LogP contribution in [-0.4, -0.2) is 11.2 Å². The molecule has 70 valence electrons. The van der Waals surface area contributed by atoms with Gasteiger partial charge in [-0.25, -0.2) is 0 Å². The summed E-state index contributed by atoms with van der Waals surface area (Å²) in [5.74, 6) is 1.47. The largest absolute Gasteiger partial charge is 0.259 e. The Labute approximate surface area is 83.4 Å². The maximum Gasteiger partial charge on any atom is 0.0882 e. The lowest BCUT2D eigenvalue weighted by Crippen LogP contribution is -1.94. The minimum absolute atomic E-state index is 0.726. The van der Waals surface area contributed by atoms with E-state index in [4.69, 9.17) is 0 Å². The number of aromatic nitrogens is 1. The zero-order valence-electron chi connectivity index (χ0n) is 8.14. The van der Waals surface area contributed by atoms with E-state index in [1.165, 1.54) is 12.0 Å². The van der Waals surface area contributed by atoms with Gasteiger partial charge >= 0.3 is 0 Å². The molecule has 3 rings (SSSR count). The van der Waals surface area contributed by atoms with E-state index < -0.39 is 0 Å². The summed E-state index contributed by atoms with van der Waals surface area (Å²) in [7, 11) is 0. The summed E-state index contributed by atoms with van der Waals surface area (Å²) in [6.07, 6.45) is 7.49. The zero-order valence-corrected chi connectivity index (χ0v) is 8.14. The third-order valence-corrected chi connectivity index (χ3v) is 2.84. The third-order valence-electron chi connectivity index (χ3n) is 2.84. The lowest BCUT2D eigenvalue weighted by Gasteiger charge is -2.04. The van der Waals surface area contributed by atoms with Gasteiger partial charge in [0.05, 0.1) is 11.4 Å². The Morgan fingerprint density at radius 3 is 2.93 bits per heavy atom. The molecule has 2 atom stereocenters. The summed E-state index contributed by atoms with van der Waals surface area (Å²) in [4.78, 5) is 8.80. The van der Waals surface area contributed by atoms with Crippen LogP contribution >= 0.6 is 0 Å². The first kappa shape index (κ1) is 7.92. The van der Waals surface area contributed by atoms with Crippen LogP contribution in [0.5, 0.6) is 0 Å². The normalized spacial score (nSPS) is 28.2. The smallest absolute Gasteiger partial charge is 0.0882 e. The number of hydrogen-bond donors (Lipinski definition) is 0. The number of pyridine rings is 1. The molecule has 14 heavy (non-hydrogen) atoms. The molecule has 0 amide bonds. The summed E-state index contributed by atoms with van der Waals surface area (Å²) in [5.41, 5.74) is 3.24. The number of allylic oxidation sites excluding steroid dienone is 1. The standard InChI is InChI=1S/C12H12N2/c1-8-2-3-11(13-6-8)12-5-9-4-10(9)7-14-12/h2-3,5-7,9-10H,4H2,1H3. The second-order valence-electron chi connectivity index (χ2n) is 4.11. The zero-order chi connectivity index (χ0) is 9.54. The van der Waals surface area contributed by atoms with E-state index in [2.05, 4.69) is 28.3 Å². The van der Waals surface area contributed by atoms with Gasteiger partial charge in [-0.15, -0.1) is 0 Å². The molecule has 0 bridgehead atoms. The van der Waals surface area contributed by atoms with Crippen molar-refractivity contribution in [3.8, 4) is 0 Å². The molecule has 1 aliphatic carbocycles. The Morgan fingerprint density at radius 2 is 2.21 bits per heavy atom. The summed E-state index contributed by atoms with van der Waals surface area (Å²) < 4.78 is 0. The van der Waals surface area contributed by atoms with Gasteiger partial charge in [0.2, 0.25) is 0 Å². The number of aliphatic imine (C=N–C) groups is 1. The number of rotatable bonds is 1. The summed E-state index contributed by atoms with van der Waals surface area (Å²) in [6, 6.07) is 4.12. The molecule has 2 aliphatic rings. The Morgan fingerprint density at radius 1 is 1.29 bits per heavy atom. The van der Waals surface area contributed by atoms with Gasteiger partial charge in [-0.3, -0.25) is 9.98 Å². The second kappa shape index (κ2) is 2.77. The van der Waals surface area contributed by atoms with Crippen LogP contribution in [0.3, 0.4) is 0 Å². The third kappa shape index (κ3) is 1.27. The van der Waals surface area contributed by atoms with Crippen LogP contribution in [0.4, 0.5) is 0 Å². The van der Waals surface area contributed by atoms with Crippen LogP contribution in [0.1, 0.15) is 17.7 Å². The lowest BCUT2D eigenvalue weighted by atomic mass is 10.1. The average Bonchev–Trinajstić information content (AvgIpc) is 2.96. The molecular formula is C12H12N2. The van der Waals surface area contributed by atoms with Gasteiger partial charge in [0, 0.05) is 18.3 Å². The summed E-state index contributed by atoms with van der Waals surface area (Å²) in [6.45, 7) is 2.05. The number of aryl methyl sites for hydroxylation is 1. The molecule has 0 aromatic carbocycles. The molecule has 2 nitrogen and oxygen atoms in total. The molecule has 1 aliphatic heterocycles. The van der Waals surface area contributed by atoms with Crippen molar-refractivity contribution in [3.05, 3.63) is 35.7 Å². The molecule has 2 heterocycles. The molecule has 0 saturated heterocycles. The molecule has 1 fully saturated rings. The molecule has 2 heteroatoms. The predicted octanol–water partition coefficient (Wildman–Crippen LogP) is 2.45. The quantitative estimate of drug-likeness (QED) is 0.658. The summed E-state index contributed by atoms with van der Waals surface area (Å²) >= 11 is 0. The van der Waals surface area contributed by atoms with Crippen LogP contribution in [0.25, 0.3) is 5.70 Å². The highest BCUT2D eigenvalue weighted by Crippen LogP contribution is 2.42. The highest BCUT2D eigenvalue weighted by atomic mass is 14.8.